The number of aromatic nitrogens is 2. The van der Waals surface area contributed by atoms with Gasteiger partial charge in [0.2, 0.25) is 5.91 Å². The van der Waals surface area contributed by atoms with E-state index in [2.05, 4.69) is 16.0 Å². The van der Waals surface area contributed by atoms with Gasteiger partial charge in [0.25, 0.3) is 0 Å². The molecule has 1 aliphatic heterocycles. The number of rotatable bonds is 4. The second-order valence-corrected chi connectivity index (χ2v) is 8.55. The summed E-state index contributed by atoms with van der Waals surface area (Å²) < 4.78 is 0. The summed E-state index contributed by atoms with van der Waals surface area (Å²) in [5.74, 6) is 0.272. The van der Waals surface area contributed by atoms with E-state index in [4.69, 9.17) is 16.9 Å². The van der Waals surface area contributed by atoms with E-state index < -0.39 is 11.3 Å². The normalized spacial score (nSPS) is 23.6. The molecule has 6 nitrogen and oxygen atoms in total. The zero-order valence-corrected chi connectivity index (χ0v) is 17.6. The van der Waals surface area contributed by atoms with Gasteiger partial charge in [-0.05, 0) is 31.5 Å². The minimum Gasteiger partial charge on any atom is -0.388 e. The average Bonchev–Trinajstić information content (AvgIpc) is 3.09. The number of H-pyrrole nitrogens is 1. The predicted octanol–water partition coefficient (Wildman–Crippen LogP) is 3.44. The Kier molecular flexibility index (Phi) is 5.27. The van der Waals surface area contributed by atoms with Crippen molar-refractivity contribution in [3.05, 3.63) is 75.9 Å². The molecule has 2 aliphatic rings. The lowest BCUT2D eigenvalue weighted by molar-refractivity contribution is -0.140. The van der Waals surface area contributed by atoms with Crippen molar-refractivity contribution in [1.29, 1.82) is 5.26 Å². The number of hydrogen-bond donors (Lipinski definition) is 2. The van der Waals surface area contributed by atoms with Crippen LogP contribution in [0.1, 0.15) is 42.4 Å². The number of allylic oxidation sites excluding steroid dienone is 3. The Hall–Kier alpha value is -2.88. The zero-order chi connectivity index (χ0) is 21.5. The third kappa shape index (κ3) is 3.45. The Morgan fingerprint density at radius 3 is 2.70 bits per heavy atom. The number of aromatic amines is 1. The highest BCUT2D eigenvalue weighted by Gasteiger charge is 2.45. The molecular weight excluding hydrogens is 400 g/mol. The Labute approximate surface area is 180 Å². The standard InChI is InChI=1S/C23H23ClN4O2/c1-14-3-8-18(23(2,9-14)20-21(24)27-19(13-29)26-20)22(30)28-11-17(12-28)16-6-4-15(10-25)5-7-16/h3-9,17-18,29H,11-13H2,1-2H3,(H,26,27). The number of carbonyl (C=O) groups is 1. The summed E-state index contributed by atoms with van der Waals surface area (Å²) in [6, 6.07) is 9.67. The molecule has 7 heteroatoms. The summed E-state index contributed by atoms with van der Waals surface area (Å²) in [6.45, 7) is 5.00. The second-order valence-electron chi connectivity index (χ2n) is 8.19. The van der Waals surface area contributed by atoms with Gasteiger partial charge in [0, 0.05) is 24.4 Å². The lowest BCUT2D eigenvalue weighted by atomic mass is 9.69. The smallest absolute Gasteiger partial charge is 0.230 e. The van der Waals surface area contributed by atoms with Crippen LogP contribution in [0.3, 0.4) is 0 Å². The summed E-state index contributed by atoms with van der Waals surface area (Å²) in [5.41, 5.74) is 2.76. The number of nitrogens with zero attached hydrogens (tertiary/aromatic N) is 3. The van der Waals surface area contributed by atoms with Crippen LogP contribution in [0, 0.1) is 17.2 Å². The van der Waals surface area contributed by atoms with Crippen molar-refractivity contribution in [3.8, 4) is 6.07 Å². The molecule has 154 valence electrons. The Morgan fingerprint density at radius 1 is 1.40 bits per heavy atom. The summed E-state index contributed by atoms with van der Waals surface area (Å²) >= 11 is 6.37. The number of imidazole rings is 1. The maximum atomic E-state index is 13.4. The van der Waals surface area contributed by atoms with Crippen LogP contribution >= 0.6 is 11.6 Å². The van der Waals surface area contributed by atoms with Crippen molar-refractivity contribution in [2.45, 2.75) is 31.8 Å². The molecule has 0 radical (unpaired) electrons. The van der Waals surface area contributed by atoms with Gasteiger partial charge < -0.3 is 15.0 Å². The van der Waals surface area contributed by atoms with E-state index in [0.29, 0.717) is 30.2 Å². The van der Waals surface area contributed by atoms with Gasteiger partial charge in [-0.3, -0.25) is 4.79 Å². The molecule has 1 aromatic heterocycles. The van der Waals surface area contributed by atoms with Gasteiger partial charge in [-0.15, -0.1) is 0 Å². The van der Waals surface area contributed by atoms with Crippen LogP contribution in [0.15, 0.2) is 48.1 Å². The summed E-state index contributed by atoms with van der Waals surface area (Å²) in [7, 11) is 0. The minimum atomic E-state index is -0.688. The lowest BCUT2D eigenvalue weighted by Gasteiger charge is -2.44. The largest absolute Gasteiger partial charge is 0.388 e. The van der Waals surface area contributed by atoms with E-state index in [1.54, 1.807) is 0 Å². The second kappa shape index (κ2) is 7.75. The number of hydrogen-bond acceptors (Lipinski definition) is 4. The maximum Gasteiger partial charge on any atom is 0.230 e. The third-order valence-electron chi connectivity index (χ3n) is 6.09. The number of amides is 1. The number of benzene rings is 1. The van der Waals surface area contributed by atoms with Crippen molar-refractivity contribution in [2.24, 2.45) is 5.92 Å². The van der Waals surface area contributed by atoms with Crippen LogP contribution in [-0.2, 0) is 16.8 Å². The molecule has 0 bridgehead atoms. The Morgan fingerprint density at radius 2 is 2.10 bits per heavy atom. The maximum absolute atomic E-state index is 13.4. The van der Waals surface area contributed by atoms with Gasteiger partial charge in [0.1, 0.15) is 12.4 Å². The molecule has 2 unspecified atom stereocenters. The van der Waals surface area contributed by atoms with Gasteiger partial charge in [-0.2, -0.15) is 5.26 Å². The molecule has 1 fully saturated rings. The monoisotopic (exact) mass is 422 g/mol. The topological polar surface area (TPSA) is 93.0 Å². The van der Waals surface area contributed by atoms with Crippen LogP contribution in [0.5, 0.6) is 0 Å². The number of nitriles is 1. The van der Waals surface area contributed by atoms with Crippen LogP contribution in [0.25, 0.3) is 0 Å². The van der Waals surface area contributed by atoms with Crippen molar-refractivity contribution < 1.29 is 9.90 Å². The molecule has 1 amide bonds. The molecule has 30 heavy (non-hydrogen) atoms. The first-order valence-corrected chi connectivity index (χ1v) is 10.3. The molecule has 1 aromatic carbocycles. The molecule has 4 rings (SSSR count). The fourth-order valence-corrected chi connectivity index (χ4v) is 4.70. The minimum absolute atomic E-state index is 0.0404. The van der Waals surface area contributed by atoms with Gasteiger partial charge >= 0.3 is 0 Å². The Bertz CT molecular complexity index is 1070. The number of nitrogens with one attached hydrogen (secondary N) is 1. The predicted molar refractivity (Wildman–Crippen MR) is 114 cm³/mol. The molecule has 2 aromatic rings. The van der Waals surface area contributed by atoms with E-state index in [1.165, 1.54) is 0 Å². The van der Waals surface area contributed by atoms with E-state index >= 15 is 0 Å². The van der Waals surface area contributed by atoms with Gasteiger partial charge in [-0.25, -0.2) is 4.98 Å². The summed E-state index contributed by atoms with van der Waals surface area (Å²) in [4.78, 5) is 22.5. The molecule has 0 spiro atoms. The number of aliphatic hydroxyl groups is 1. The quantitative estimate of drug-likeness (QED) is 0.789. The molecule has 1 saturated heterocycles. The molecule has 0 saturated carbocycles. The highest BCUT2D eigenvalue weighted by Crippen LogP contribution is 2.43. The van der Waals surface area contributed by atoms with Crippen molar-refractivity contribution in [2.75, 3.05) is 13.1 Å². The summed E-state index contributed by atoms with van der Waals surface area (Å²) in [5, 5.41) is 18.6. The number of carbonyl (C=O) groups excluding carboxylic acids is 1. The highest BCUT2D eigenvalue weighted by molar-refractivity contribution is 6.30. The molecule has 2 atom stereocenters. The molecular formula is C23H23ClN4O2. The average molecular weight is 423 g/mol. The lowest BCUT2D eigenvalue weighted by Crippen LogP contribution is -2.53. The van der Waals surface area contributed by atoms with Crippen molar-refractivity contribution in [3.63, 3.8) is 0 Å². The number of aliphatic hydroxyl groups excluding tert-OH is 1. The van der Waals surface area contributed by atoms with E-state index in [9.17, 15) is 9.90 Å². The van der Waals surface area contributed by atoms with Gasteiger partial charge in [0.15, 0.2) is 5.15 Å². The van der Waals surface area contributed by atoms with Gasteiger partial charge in [-0.1, -0.05) is 47.5 Å². The summed E-state index contributed by atoms with van der Waals surface area (Å²) in [6.07, 6.45) is 5.93. The van der Waals surface area contributed by atoms with E-state index in [-0.39, 0.29) is 23.6 Å². The number of halogens is 1. The zero-order valence-electron chi connectivity index (χ0n) is 16.9. The van der Waals surface area contributed by atoms with Crippen molar-refractivity contribution >= 4 is 17.5 Å². The molecule has 1 aliphatic carbocycles. The van der Waals surface area contributed by atoms with Crippen LogP contribution in [-0.4, -0.2) is 39.0 Å². The van der Waals surface area contributed by atoms with Gasteiger partial charge in [0.05, 0.1) is 23.2 Å². The fourth-order valence-electron chi connectivity index (χ4n) is 4.35. The van der Waals surface area contributed by atoms with E-state index in [0.717, 1.165) is 11.1 Å². The first-order chi connectivity index (χ1) is 14.4. The third-order valence-corrected chi connectivity index (χ3v) is 6.37. The van der Waals surface area contributed by atoms with E-state index in [1.807, 2.05) is 61.2 Å². The SMILES string of the molecule is CC1=CC(C)(c2[nH]c(CO)nc2Cl)C(C(=O)N2CC(c3ccc(C#N)cc3)C2)C=C1. The highest BCUT2D eigenvalue weighted by atomic mass is 35.5. The van der Waals surface area contributed by atoms with Crippen molar-refractivity contribution in [1.82, 2.24) is 14.9 Å². The van der Waals surface area contributed by atoms with Crippen LogP contribution in [0.4, 0.5) is 0 Å². The first kappa shape index (κ1) is 20.4. The van der Waals surface area contributed by atoms with Crippen LogP contribution in [0.2, 0.25) is 5.15 Å². The first-order valence-electron chi connectivity index (χ1n) is 9.88. The van der Waals surface area contributed by atoms with Crippen LogP contribution < -0.4 is 0 Å². The Balaban J connectivity index is 1.54. The fraction of sp³-hybridized carbons (Fsp3) is 0.348. The number of likely N-dealkylation sites (tertiary alicyclic amines) is 1. The molecule has 2 N–H and O–H groups in total. The molecule has 2 heterocycles.